The fraction of sp³-hybridized carbons (Fsp3) is 0. The molecule has 0 aliphatic rings. The molecule has 0 aliphatic carbocycles. The average Bonchev–Trinajstić information content (AvgIpc) is 2.25. The lowest BCUT2D eigenvalue weighted by atomic mass is 10.2. The van der Waals surface area contributed by atoms with Crippen LogP contribution < -0.4 is 17.2 Å². The highest BCUT2D eigenvalue weighted by Crippen LogP contribution is 2.35. The zero-order valence-corrected chi connectivity index (χ0v) is 11.1. The smallest absolute Gasteiger partial charge is 0.223 e. The van der Waals surface area contributed by atoms with Crippen LogP contribution in [0.2, 0.25) is 5.02 Å². The molecule has 18 heavy (non-hydrogen) atoms. The van der Waals surface area contributed by atoms with Crippen LogP contribution in [-0.4, -0.2) is 11.9 Å². The van der Waals surface area contributed by atoms with Crippen molar-refractivity contribution in [1.29, 1.82) is 5.26 Å². The molecule has 9 heteroatoms. The highest BCUT2D eigenvalue weighted by Gasteiger charge is 2.16. The van der Waals surface area contributed by atoms with E-state index in [1.54, 1.807) is 6.07 Å². The minimum absolute atomic E-state index is 0.0357. The normalized spacial score (nSPS) is 10.9. The maximum Gasteiger partial charge on any atom is 0.223 e. The molecule has 0 atom stereocenters. The molecule has 94 valence electrons. The standard InChI is InChI=1S/C9H7BrClFN6/c10-4-1-5(11)7(3(2-13)6(4)12)17-9(16)18-8(14)15/h1H,(H6,14,15,16,17,18). The van der Waals surface area contributed by atoms with Gasteiger partial charge in [0, 0.05) is 0 Å². The molecule has 6 nitrogen and oxygen atoms in total. The van der Waals surface area contributed by atoms with Gasteiger partial charge in [0.15, 0.2) is 11.8 Å². The molecule has 0 spiro atoms. The summed E-state index contributed by atoms with van der Waals surface area (Å²) in [4.78, 5) is 7.14. The number of nitrogens with zero attached hydrogens (tertiary/aromatic N) is 3. The third-order valence-electron chi connectivity index (χ3n) is 1.73. The lowest BCUT2D eigenvalue weighted by Gasteiger charge is -2.05. The van der Waals surface area contributed by atoms with Gasteiger partial charge in [-0.05, 0) is 22.0 Å². The van der Waals surface area contributed by atoms with E-state index in [4.69, 9.17) is 34.1 Å². The van der Waals surface area contributed by atoms with Gasteiger partial charge in [0.1, 0.15) is 17.3 Å². The molecular formula is C9H7BrClFN6. The summed E-state index contributed by atoms with van der Waals surface area (Å²) in [5.41, 5.74) is 15.1. The van der Waals surface area contributed by atoms with Gasteiger partial charge in [0.25, 0.3) is 0 Å². The van der Waals surface area contributed by atoms with Gasteiger partial charge in [0.2, 0.25) is 5.96 Å². The molecule has 6 N–H and O–H groups in total. The van der Waals surface area contributed by atoms with Gasteiger partial charge in [-0.15, -0.1) is 0 Å². The maximum absolute atomic E-state index is 13.6. The molecule has 0 saturated heterocycles. The molecule has 0 saturated carbocycles. The van der Waals surface area contributed by atoms with E-state index in [9.17, 15) is 4.39 Å². The number of benzene rings is 1. The van der Waals surface area contributed by atoms with Crippen LogP contribution in [0.5, 0.6) is 0 Å². The Bertz CT molecular complexity index is 588. The van der Waals surface area contributed by atoms with Crippen LogP contribution in [0.3, 0.4) is 0 Å². The Balaban J connectivity index is 3.48. The summed E-state index contributed by atoms with van der Waals surface area (Å²) in [5, 5.41) is 8.91. The van der Waals surface area contributed by atoms with Crippen molar-refractivity contribution in [3.8, 4) is 6.07 Å². The number of guanidine groups is 2. The predicted molar refractivity (Wildman–Crippen MR) is 70.9 cm³/mol. The van der Waals surface area contributed by atoms with Crippen LogP contribution in [0, 0.1) is 17.1 Å². The van der Waals surface area contributed by atoms with Crippen molar-refractivity contribution in [2.75, 3.05) is 0 Å². The Morgan fingerprint density at radius 2 is 2.06 bits per heavy atom. The quantitative estimate of drug-likeness (QED) is 0.407. The monoisotopic (exact) mass is 332 g/mol. The van der Waals surface area contributed by atoms with Gasteiger partial charge >= 0.3 is 0 Å². The number of rotatable bonds is 1. The first-order valence-electron chi connectivity index (χ1n) is 4.38. The van der Waals surface area contributed by atoms with E-state index in [0.717, 1.165) is 0 Å². The van der Waals surface area contributed by atoms with Gasteiger partial charge in [-0.3, -0.25) is 0 Å². The average molecular weight is 334 g/mol. The van der Waals surface area contributed by atoms with Crippen molar-refractivity contribution in [1.82, 2.24) is 0 Å². The topological polar surface area (TPSA) is 127 Å². The fourth-order valence-electron chi connectivity index (χ4n) is 1.07. The Kier molecular flexibility index (Phi) is 4.47. The molecule has 0 heterocycles. The van der Waals surface area contributed by atoms with Gasteiger partial charge < -0.3 is 17.2 Å². The second-order valence-corrected chi connectivity index (χ2v) is 4.26. The number of hydrogen-bond acceptors (Lipinski definition) is 2. The lowest BCUT2D eigenvalue weighted by molar-refractivity contribution is 0.617. The van der Waals surface area contributed by atoms with Crippen LogP contribution in [0.1, 0.15) is 5.56 Å². The molecule has 1 rings (SSSR count). The largest absolute Gasteiger partial charge is 0.370 e. The van der Waals surface area contributed by atoms with Crippen molar-refractivity contribution >= 4 is 45.1 Å². The van der Waals surface area contributed by atoms with E-state index in [-0.39, 0.29) is 32.7 Å². The number of aliphatic imine (C=N–C) groups is 2. The molecule has 0 bridgehead atoms. The fourth-order valence-corrected chi connectivity index (χ4v) is 1.87. The van der Waals surface area contributed by atoms with E-state index in [0.29, 0.717) is 0 Å². The molecule has 0 aromatic heterocycles. The highest BCUT2D eigenvalue weighted by molar-refractivity contribution is 9.10. The molecule has 0 aliphatic heterocycles. The number of halogens is 3. The van der Waals surface area contributed by atoms with E-state index < -0.39 is 5.82 Å². The third kappa shape index (κ3) is 3.09. The van der Waals surface area contributed by atoms with Crippen LogP contribution >= 0.6 is 27.5 Å². The Morgan fingerprint density at radius 3 is 2.56 bits per heavy atom. The number of nitrogens with two attached hydrogens (primary N) is 3. The SMILES string of the molecule is N#Cc1c(F)c(Br)cc(Cl)c1N=C(N)N=C(N)N. The second kappa shape index (κ2) is 5.66. The van der Waals surface area contributed by atoms with Crippen LogP contribution in [-0.2, 0) is 0 Å². The first-order chi connectivity index (χ1) is 8.36. The van der Waals surface area contributed by atoms with Crippen LogP contribution in [0.4, 0.5) is 10.1 Å². The summed E-state index contributed by atoms with van der Waals surface area (Å²) in [6, 6.07) is 2.89. The first kappa shape index (κ1) is 14.2. The Morgan fingerprint density at radius 1 is 1.44 bits per heavy atom. The highest BCUT2D eigenvalue weighted by atomic mass is 79.9. The minimum Gasteiger partial charge on any atom is -0.370 e. The van der Waals surface area contributed by atoms with Crippen molar-refractivity contribution in [3.63, 3.8) is 0 Å². The molecule has 0 radical (unpaired) electrons. The Labute approximate surface area is 115 Å². The minimum atomic E-state index is -0.793. The summed E-state index contributed by atoms with van der Waals surface area (Å²) < 4.78 is 13.7. The molecule has 0 unspecified atom stereocenters. The molecule has 1 aromatic carbocycles. The number of nitriles is 1. The van der Waals surface area contributed by atoms with Crippen molar-refractivity contribution in [2.24, 2.45) is 27.2 Å². The molecular weight excluding hydrogens is 326 g/mol. The first-order valence-corrected chi connectivity index (χ1v) is 5.55. The zero-order valence-electron chi connectivity index (χ0n) is 8.78. The Hall–Kier alpha value is -1.85. The predicted octanol–water partition coefficient (Wildman–Crippen LogP) is 1.33. The van der Waals surface area contributed by atoms with Crippen molar-refractivity contribution in [2.45, 2.75) is 0 Å². The van der Waals surface area contributed by atoms with Gasteiger partial charge in [-0.2, -0.15) is 10.3 Å². The van der Waals surface area contributed by atoms with Gasteiger partial charge in [-0.1, -0.05) is 11.6 Å². The van der Waals surface area contributed by atoms with E-state index >= 15 is 0 Å². The van der Waals surface area contributed by atoms with Crippen LogP contribution in [0.25, 0.3) is 0 Å². The molecule has 0 fully saturated rings. The second-order valence-electron chi connectivity index (χ2n) is 3.00. The van der Waals surface area contributed by atoms with Gasteiger partial charge in [-0.25, -0.2) is 9.38 Å². The van der Waals surface area contributed by atoms with Crippen molar-refractivity contribution < 1.29 is 4.39 Å². The summed E-state index contributed by atoms with van der Waals surface area (Å²) in [6.45, 7) is 0. The summed E-state index contributed by atoms with van der Waals surface area (Å²) in [7, 11) is 0. The molecule has 1 aromatic rings. The lowest BCUT2D eigenvalue weighted by Crippen LogP contribution is -2.26. The van der Waals surface area contributed by atoms with E-state index in [1.807, 2.05) is 0 Å². The number of hydrogen-bond donors (Lipinski definition) is 3. The summed E-state index contributed by atoms with van der Waals surface area (Å²) in [6.07, 6.45) is 0. The molecule has 0 amide bonds. The summed E-state index contributed by atoms with van der Waals surface area (Å²) >= 11 is 8.77. The van der Waals surface area contributed by atoms with Crippen molar-refractivity contribution in [3.05, 3.63) is 26.9 Å². The third-order valence-corrected chi connectivity index (χ3v) is 2.59. The zero-order chi connectivity index (χ0) is 13.9. The summed E-state index contributed by atoms with van der Waals surface area (Å²) in [5.74, 6) is -1.45. The van der Waals surface area contributed by atoms with E-state index in [1.165, 1.54) is 6.07 Å². The maximum atomic E-state index is 13.6. The van der Waals surface area contributed by atoms with Gasteiger partial charge in [0.05, 0.1) is 9.50 Å². The van der Waals surface area contributed by atoms with Crippen LogP contribution in [0.15, 0.2) is 20.5 Å². The van der Waals surface area contributed by atoms with E-state index in [2.05, 4.69) is 25.9 Å².